The zero-order valence-corrected chi connectivity index (χ0v) is 9.51. The molecule has 2 aliphatic carbocycles. The van der Waals surface area contributed by atoms with Gasteiger partial charge in [-0.1, -0.05) is 19.9 Å². The summed E-state index contributed by atoms with van der Waals surface area (Å²) in [6.45, 7) is 8.64. The Bertz CT molecular complexity index is 348. The van der Waals surface area contributed by atoms with E-state index in [9.17, 15) is 4.79 Å². The van der Waals surface area contributed by atoms with Gasteiger partial charge in [0.05, 0.1) is 6.42 Å². The molecule has 1 saturated heterocycles. The van der Waals surface area contributed by atoms with E-state index in [1.807, 2.05) is 0 Å². The van der Waals surface area contributed by atoms with Gasteiger partial charge in [-0.2, -0.15) is 0 Å². The van der Waals surface area contributed by atoms with Crippen LogP contribution < -0.4 is 0 Å². The summed E-state index contributed by atoms with van der Waals surface area (Å²) in [6.07, 6.45) is 6.14. The van der Waals surface area contributed by atoms with Gasteiger partial charge in [0.1, 0.15) is 5.60 Å². The third-order valence-electron chi connectivity index (χ3n) is 5.53. The van der Waals surface area contributed by atoms with E-state index in [4.69, 9.17) is 4.74 Å². The van der Waals surface area contributed by atoms with Crippen molar-refractivity contribution in [1.29, 1.82) is 0 Å². The molecule has 3 atom stereocenters. The Morgan fingerprint density at radius 3 is 2.67 bits per heavy atom. The van der Waals surface area contributed by atoms with Crippen molar-refractivity contribution in [2.75, 3.05) is 0 Å². The van der Waals surface area contributed by atoms with Gasteiger partial charge >= 0.3 is 5.97 Å². The third-order valence-corrected chi connectivity index (χ3v) is 5.53. The number of hydrogen-bond acceptors (Lipinski definition) is 2. The molecule has 82 valence electrons. The van der Waals surface area contributed by atoms with Crippen LogP contribution in [-0.4, -0.2) is 11.6 Å². The molecule has 1 aliphatic heterocycles. The van der Waals surface area contributed by atoms with Crippen LogP contribution >= 0.6 is 0 Å². The lowest BCUT2D eigenvalue weighted by Crippen LogP contribution is -2.58. The molecule has 2 heteroatoms. The van der Waals surface area contributed by atoms with E-state index in [2.05, 4.69) is 26.5 Å². The largest absolute Gasteiger partial charge is 0.457 e. The van der Waals surface area contributed by atoms with E-state index in [-0.39, 0.29) is 22.4 Å². The van der Waals surface area contributed by atoms with E-state index >= 15 is 0 Å². The summed E-state index contributed by atoms with van der Waals surface area (Å²) in [5.74, 6) is 0.670. The highest BCUT2D eigenvalue weighted by molar-refractivity contribution is 5.78. The quantitative estimate of drug-likeness (QED) is 0.487. The molecule has 0 aromatic rings. The van der Waals surface area contributed by atoms with Crippen molar-refractivity contribution in [2.24, 2.45) is 16.7 Å². The van der Waals surface area contributed by atoms with E-state index < -0.39 is 0 Å². The fraction of sp³-hybridized carbons (Fsp3) is 0.769. The van der Waals surface area contributed by atoms with E-state index in [0.29, 0.717) is 12.3 Å². The molecule has 2 saturated carbocycles. The van der Waals surface area contributed by atoms with Crippen molar-refractivity contribution >= 4 is 5.97 Å². The standard InChI is InChI=1S/C13H18O2/c1-4-12-6-5-9(11(12,2)3)7-13(12)8-10(14)15-13/h4,9H,1,5-8H2,2-3H3/t9-,12-,13+/m1/s1. The van der Waals surface area contributed by atoms with Gasteiger partial charge < -0.3 is 4.74 Å². The molecule has 0 aromatic heterocycles. The van der Waals surface area contributed by atoms with Gasteiger partial charge in [0, 0.05) is 5.41 Å². The first-order valence-corrected chi connectivity index (χ1v) is 5.83. The lowest BCUT2D eigenvalue weighted by Gasteiger charge is -2.52. The molecule has 3 rings (SSSR count). The van der Waals surface area contributed by atoms with Gasteiger partial charge in [-0.25, -0.2) is 0 Å². The molecule has 1 spiro atoms. The first kappa shape index (κ1) is 9.44. The van der Waals surface area contributed by atoms with Crippen molar-refractivity contribution in [1.82, 2.24) is 0 Å². The van der Waals surface area contributed by atoms with Crippen LogP contribution in [0.3, 0.4) is 0 Å². The van der Waals surface area contributed by atoms with Crippen molar-refractivity contribution in [3.05, 3.63) is 12.7 Å². The molecule has 0 unspecified atom stereocenters. The van der Waals surface area contributed by atoms with Crippen molar-refractivity contribution in [2.45, 2.75) is 45.1 Å². The summed E-state index contributed by atoms with van der Waals surface area (Å²) >= 11 is 0. The summed E-state index contributed by atoms with van der Waals surface area (Å²) in [4.78, 5) is 11.1. The predicted molar refractivity (Wildman–Crippen MR) is 57.2 cm³/mol. The Kier molecular flexibility index (Phi) is 1.45. The molecule has 2 bridgehead atoms. The molecule has 15 heavy (non-hydrogen) atoms. The van der Waals surface area contributed by atoms with Crippen molar-refractivity contribution < 1.29 is 9.53 Å². The summed E-state index contributed by atoms with van der Waals surface area (Å²) < 4.78 is 5.54. The number of carbonyl (C=O) groups excluding carboxylic acids is 1. The van der Waals surface area contributed by atoms with Gasteiger partial charge in [0.2, 0.25) is 0 Å². The zero-order valence-electron chi connectivity index (χ0n) is 9.51. The van der Waals surface area contributed by atoms with Crippen LogP contribution in [0.2, 0.25) is 0 Å². The maximum atomic E-state index is 11.1. The minimum absolute atomic E-state index is 0.0282. The third kappa shape index (κ3) is 0.745. The number of esters is 1. The van der Waals surface area contributed by atoms with Gasteiger partial charge in [-0.05, 0) is 30.6 Å². The average Bonchev–Trinajstić information content (AvgIpc) is 2.48. The summed E-state index contributed by atoms with van der Waals surface area (Å²) in [6, 6.07) is 0. The molecule has 0 N–H and O–H groups in total. The Labute approximate surface area is 90.7 Å². The van der Waals surface area contributed by atoms with E-state index in [1.165, 1.54) is 6.42 Å². The molecule has 0 amide bonds. The van der Waals surface area contributed by atoms with Gasteiger partial charge in [0.25, 0.3) is 0 Å². The number of carbonyl (C=O) groups is 1. The average molecular weight is 206 g/mol. The Hall–Kier alpha value is -0.790. The van der Waals surface area contributed by atoms with Gasteiger partial charge in [0.15, 0.2) is 0 Å². The molecule has 0 radical (unpaired) electrons. The predicted octanol–water partition coefficient (Wildman–Crippen LogP) is 2.68. The second kappa shape index (κ2) is 2.31. The lowest BCUT2D eigenvalue weighted by atomic mass is 9.60. The first-order valence-electron chi connectivity index (χ1n) is 5.83. The maximum Gasteiger partial charge on any atom is 0.310 e. The molecular weight excluding hydrogens is 188 g/mol. The number of rotatable bonds is 1. The smallest absolute Gasteiger partial charge is 0.310 e. The van der Waals surface area contributed by atoms with Crippen molar-refractivity contribution in [3.8, 4) is 0 Å². The number of hydrogen-bond donors (Lipinski definition) is 0. The Morgan fingerprint density at radius 1 is 1.53 bits per heavy atom. The fourth-order valence-corrected chi connectivity index (χ4v) is 4.56. The summed E-state index contributed by atoms with van der Waals surface area (Å²) in [7, 11) is 0. The van der Waals surface area contributed by atoms with Crippen LogP contribution in [0, 0.1) is 16.7 Å². The van der Waals surface area contributed by atoms with Crippen LogP contribution in [-0.2, 0) is 9.53 Å². The molecule has 3 fully saturated rings. The lowest BCUT2D eigenvalue weighted by molar-refractivity contribution is -0.214. The van der Waals surface area contributed by atoms with E-state index in [0.717, 1.165) is 12.8 Å². The summed E-state index contributed by atoms with van der Waals surface area (Å²) in [5, 5.41) is 0. The number of fused-ring (bicyclic) bond motifs is 3. The Balaban J connectivity index is 2.09. The second-order valence-electron chi connectivity index (χ2n) is 5.98. The molecule has 0 aromatic carbocycles. The highest BCUT2D eigenvalue weighted by Crippen LogP contribution is 2.74. The molecular formula is C13H18O2. The summed E-state index contributed by atoms with van der Waals surface area (Å²) in [5.41, 5.74) is 0.103. The van der Waals surface area contributed by atoms with E-state index in [1.54, 1.807) is 0 Å². The van der Waals surface area contributed by atoms with Crippen LogP contribution in [0.1, 0.15) is 39.5 Å². The van der Waals surface area contributed by atoms with Crippen LogP contribution in [0.15, 0.2) is 12.7 Å². The van der Waals surface area contributed by atoms with Gasteiger partial charge in [-0.3, -0.25) is 4.79 Å². The fourth-order valence-electron chi connectivity index (χ4n) is 4.56. The van der Waals surface area contributed by atoms with Crippen molar-refractivity contribution in [3.63, 3.8) is 0 Å². The number of ether oxygens (including phenoxy) is 1. The zero-order chi connectivity index (χ0) is 10.9. The topological polar surface area (TPSA) is 26.3 Å². The minimum atomic E-state index is -0.182. The Morgan fingerprint density at radius 2 is 2.20 bits per heavy atom. The first-order chi connectivity index (χ1) is 6.97. The molecule has 2 nitrogen and oxygen atoms in total. The SMILES string of the molecule is C=C[C@]12CC[C@H](C[C@]13CC(=O)O3)C2(C)C. The van der Waals surface area contributed by atoms with Crippen LogP contribution in [0.5, 0.6) is 0 Å². The molecule has 3 aliphatic rings. The van der Waals surface area contributed by atoms with Gasteiger partial charge in [-0.15, -0.1) is 6.58 Å². The second-order valence-corrected chi connectivity index (χ2v) is 5.98. The maximum absolute atomic E-state index is 11.1. The normalized spacial score (nSPS) is 50.3. The van der Waals surface area contributed by atoms with Crippen LogP contribution in [0.4, 0.5) is 0 Å². The highest BCUT2D eigenvalue weighted by Gasteiger charge is 2.75. The monoisotopic (exact) mass is 206 g/mol. The van der Waals surface area contributed by atoms with Crippen LogP contribution in [0.25, 0.3) is 0 Å². The minimum Gasteiger partial charge on any atom is -0.457 e. The molecule has 1 heterocycles. The highest BCUT2D eigenvalue weighted by atomic mass is 16.6.